The van der Waals surface area contributed by atoms with Crippen LogP contribution < -0.4 is 0 Å². The molecule has 0 bridgehead atoms. The zero-order valence-corrected chi connectivity index (χ0v) is 8.25. The van der Waals surface area contributed by atoms with Gasteiger partial charge in [-0.15, -0.1) is 0 Å². The van der Waals surface area contributed by atoms with Crippen molar-refractivity contribution in [1.82, 2.24) is 4.90 Å². The van der Waals surface area contributed by atoms with Gasteiger partial charge in [-0.1, -0.05) is 6.92 Å². The minimum absolute atomic E-state index is 0.639. The molecule has 0 unspecified atom stereocenters. The zero-order chi connectivity index (χ0) is 9.40. The number of hydrogen-bond donors (Lipinski definition) is 0. The van der Waals surface area contributed by atoms with Crippen LogP contribution in [0.25, 0.3) is 0 Å². The molecule has 1 heterocycles. The van der Waals surface area contributed by atoms with Gasteiger partial charge in [0.05, 0.1) is 6.61 Å². The Kier molecular flexibility index (Phi) is 7.00. The van der Waals surface area contributed by atoms with Crippen LogP contribution in [-0.2, 0) is 9.53 Å². The fourth-order valence-electron chi connectivity index (χ4n) is 1.17. The highest BCUT2D eigenvalue weighted by Crippen LogP contribution is 2.11. The summed E-state index contributed by atoms with van der Waals surface area (Å²) >= 11 is 0. The van der Waals surface area contributed by atoms with E-state index in [1.807, 2.05) is 6.92 Å². The molecule has 72 valence electrons. The molecular weight excluding hydrogens is 154 g/mol. The smallest absolute Gasteiger partial charge is 0.119 e. The lowest BCUT2D eigenvalue weighted by molar-refractivity contribution is -0.107. The lowest BCUT2D eigenvalue weighted by atomic mass is 10.0. The van der Waals surface area contributed by atoms with Gasteiger partial charge in [-0.2, -0.15) is 0 Å². The molecule has 1 aliphatic rings. The summed E-state index contributed by atoms with van der Waals surface area (Å²) in [5.41, 5.74) is 0. The van der Waals surface area contributed by atoms with Crippen LogP contribution in [0, 0.1) is 5.92 Å². The van der Waals surface area contributed by atoms with Crippen LogP contribution in [0.15, 0.2) is 0 Å². The highest BCUT2D eigenvalue weighted by Gasteiger charge is 2.21. The van der Waals surface area contributed by atoms with E-state index in [9.17, 15) is 4.79 Å². The van der Waals surface area contributed by atoms with E-state index in [-0.39, 0.29) is 0 Å². The van der Waals surface area contributed by atoms with Gasteiger partial charge in [-0.3, -0.25) is 0 Å². The van der Waals surface area contributed by atoms with E-state index in [1.54, 1.807) is 7.11 Å². The molecule has 1 rings (SSSR count). The second kappa shape index (κ2) is 7.25. The lowest BCUT2D eigenvalue weighted by Gasteiger charge is -2.35. The first kappa shape index (κ1) is 11.6. The lowest BCUT2D eigenvalue weighted by Crippen LogP contribution is -2.45. The van der Waals surface area contributed by atoms with Crippen LogP contribution in [0.5, 0.6) is 0 Å². The Morgan fingerprint density at radius 1 is 1.58 bits per heavy atom. The van der Waals surface area contributed by atoms with Crippen molar-refractivity contribution in [3.63, 3.8) is 0 Å². The third kappa shape index (κ3) is 5.27. The monoisotopic (exact) mass is 173 g/mol. The van der Waals surface area contributed by atoms with Gasteiger partial charge in [0.2, 0.25) is 0 Å². The highest BCUT2D eigenvalue weighted by molar-refractivity contribution is 5.48. The van der Waals surface area contributed by atoms with Crippen LogP contribution in [-0.4, -0.2) is 45.0 Å². The van der Waals surface area contributed by atoms with Gasteiger partial charge >= 0.3 is 0 Å². The number of rotatable bonds is 3. The molecule has 1 fully saturated rings. The van der Waals surface area contributed by atoms with E-state index < -0.39 is 0 Å². The molecule has 3 nitrogen and oxygen atoms in total. The predicted octanol–water partition coefficient (Wildman–Crippen LogP) is 0.790. The maximum Gasteiger partial charge on any atom is 0.119 e. The molecule has 0 aromatic rings. The largest absolute Gasteiger partial charge is 0.384 e. The third-order valence-corrected chi connectivity index (χ3v) is 1.71. The van der Waals surface area contributed by atoms with E-state index in [0.29, 0.717) is 6.42 Å². The normalized spacial score (nSPS) is 17.6. The van der Waals surface area contributed by atoms with Crippen molar-refractivity contribution in [3.8, 4) is 0 Å². The molecule has 0 N–H and O–H groups in total. The number of likely N-dealkylation sites (tertiary alicyclic amines) is 1. The number of aldehydes is 1. The van der Waals surface area contributed by atoms with Crippen molar-refractivity contribution in [3.05, 3.63) is 0 Å². The Morgan fingerprint density at radius 2 is 2.08 bits per heavy atom. The first-order chi connectivity index (χ1) is 5.74. The van der Waals surface area contributed by atoms with E-state index in [4.69, 9.17) is 4.74 Å². The molecular formula is C9H19NO2. The summed E-state index contributed by atoms with van der Waals surface area (Å²) in [4.78, 5) is 11.5. The van der Waals surface area contributed by atoms with Crippen LogP contribution in [0.2, 0.25) is 0 Å². The SMILES string of the molecule is CCC=O.COCC1CN(C)C1. The van der Waals surface area contributed by atoms with Crippen LogP contribution in [0.1, 0.15) is 13.3 Å². The Bertz CT molecular complexity index is 108. The topological polar surface area (TPSA) is 29.5 Å². The molecule has 0 amide bonds. The van der Waals surface area contributed by atoms with Crippen molar-refractivity contribution in [2.45, 2.75) is 13.3 Å². The minimum Gasteiger partial charge on any atom is -0.384 e. The molecule has 0 atom stereocenters. The molecule has 0 spiro atoms. The summed E-state index contributed by atoms with van der Waals surface area (Å²) in [5.74, 6) is 0.810. The van der Waals surface area contributed by atoms with Crippen molar-refractivity contribution in [1.29, 1.82) is 0 Å². The average Bonchev–Trinajstić information content (AvgIpc) is 2.03. The first-order valence-corrected chi connectivity index (χ1v) is 4.35. The maximum absolute atomic E-state index is 9.17. The Morgan fingerprint density at radius 3 is 2.33 bits per heavy atom. The average molecular weight is 173 g/mol. The maximum atomic E-state index is 9.17. The standard InChI is InChI=1S/C6H13NO.C3H6O/c1-7-3-6(4-7)5-8-2;1-2-3-4/h6H,3-5H2,1-2H3;3H,2H2,1H3. The molecule has 0 aromatic carbocycles. The van der Waals surface area contributed by atoms with Gasteiger partial charge in [-0.25, -0.2) is 0 Å². The number of carbonyl (C=O) groups is 1. The molecule has 3 heteroatoms. The summed E-state index contributed by atoms with van der Waals surface area (Å²) in [7, 11) is 3.89. The fraction of sp³-hybridized carbons (Fsp3) is 0.889. The van der Waals surface area contributed by atoms with Crippen LogP contribution in [0.3, 0.4) is 0 Å². The summed E-state index contributed by atoms with van der Waals surface area (Å²) in [5, 5.41) is 0. The number of nitrogens with zero attached hydrogens (tertiary/aromatic N) is 1. The molecule has 0 radical (unpaired) electrons. The Hall–Kier alpha value is -0.410. The van der Waals surface area contributed by atoms with Gasteiger partial charge < -0.3 is 14.4 Å². The molecule has 12 heavy (non-hydrogen) atoms. The quantitative estimate of drug-likeness (QED) is 0.591. The number of carbonyl (C=O) groups excluding carboxylic acids is 1. The van der Waals surface area contributed by atoms with Gasteiger partial charge in [0, 0.05) is 32.5 Å². The molecule has 1 aliphatic heterocycles. The molecule has 1 saturated heterocycles. The minimum atomic E-state index is 0.639. The van der Waals surface area contributed by atoms with Crippen molar-refractivity contribution in [2.24, 2.45) is 5.92 Å². The van der Waals surface area contributed by atoms with Crippen molar-refractivity contribution >= 4 is 6.29 Å². The molecule has 0 saturated carbocycles. The van der Waals surface area contributed by atoms with E-state index >= 15 is 0 Å². The van der Waals surface area contributed by atoms with Gasteiger partial charge in [0.1, 0.15) is 6.29 Å². The first-order valence-electron chi connectivity index (χ1n) is 4.35. The van der Waals surface area contributed by atoms with E-state index in [0.717, 1.165) is 18.8 Å². The number of hydrogen-bond acceptors (Lipinski definition) is 3. The Balaban J connectivity index is 0.000000261. The van der Waals surface area contributed by atoms with Crippen molar-refractivity contribution in [2.75, 3.05) is 33.9 Å². The van der Waals surface area contributed by atoms with E-state index in [1.165, 1.54) is 13.1 Å². The second-order valence-corrected chi connectivity index (χ2v) is 3.12. The summed E-state index contributed by atoms with van der Waals surface area (Å²) in [6, 6.07) is 0. The summed E-state index contributed by atoms with van der Waals surface area (Å²) in [6.07, 6.45) is 1.51. The van der Waals surface area contributed by atoms with Crippen LogP contribution in [0.4, 0.5) is 0 Å². The summed E-state index contributed by atoms with van der Waals surface area (Å²) < 4.78 is 4.97. The predicted molar refractivity (Wildman–Crippen MR) is 49.2 cm³/mol. The number of methoxy groups -OCH3 is 1. The zero-order valence-electron chi connectivity index (χ0n) is 8.25. The fourth-order valence-corrected chi connectivity index (χ4v) is 1.17. The van der Waals surface area contributed by atoms with Crippen molar-refractivity contribution < 1.29 is 9.53 Å². The Labute approximate surface area is 74.7 Å². The van der Waals surface area contributed by atoms with Crippen LogP contribution >= 0.6 is 0 Å². The van der Waals surface area contributed by atoms with Gasteiger partial charge in [0.15, 0.2) is 0 Å². The second-order valence-electron chi connectivity index (χ2n) is 3.12. The van der Waals surface area contributed by atoms with E-state index in [2.05, 4.69) is 11.9 Å². The molecule has 0 aliphatic carbocycles. The number of ether oxygens (including phenoxy) is 1. The third-order valence-electron chi connectivity index (χ3n) is 1.71. The highest BCUT2D eigenvalue weighted by atomic mass is 16.5. The van der Waals surface area contributed by atoms with Gasteiger partial charge in [-0.05, 0) is 7.05 Å². The molecule has 0 aromatic heterocycles. The van der Waals surface area contributed by atoms with Gasteiger partial charge in [0.25, 0.3) is 0 Å². The summed E-state index contributed by atoms with van der Waals surface area (Å²) in [6.45, 7) is 5.18.